The van der Waals surface area contributed by atoms with E-state index in [4.69, 9.17) is 0 Å². The van der Waals surface area contributed by atoms with Gasteiger partial charge in [-0.1, -0.05) is 83.8 Å². The van der Waals surface area contributed by atoms with Crippen LogP contribution in [-0.2, 0) is 0 Å². The fraction of sp³-hybridized carbons (Fsp3) is 0.889. The summed E-state index contributed by atoms with van der Waals surface area (Å²) in [6.07, 6.45) is 20.5. The number of allylic oxidation sites excluding steroid dienone is 1. The summed E-state index contributed by atoms with van der Waals surface area (Å²) in [6, 6.07) is 0. The number of hydrogen-bond acceptors (Lipinski definition) is 1. The molecule has 0 saturated carbocycles. The Morgan fingerprint density at radius 2 is 1.32 bits per heavy atom. The van der Waals surface area contributed by atoms with Crippen LogP contribution in [0.2, 0.25) is 0 Å². The first-order valence-electron chi connectivity index (χ1n) is 8.64. The summed E-state index contributed by atoms with van der Waals surface area (Å²) in [5.41, 5.74) is 0. The maximum Gasteiger partial charge on any atom is 0.0574 e. The van der Waals surface area contributed by atoms with Crippen LogP contribution in [0.25, 0.3) is 0 Å². The van der Waals surface area contributed by atoms with Crippen molar-refractivity contribution in [3.63, 3.8) is 0 Å². The molecule has 0 spiro atoms. The first-order valence-corrected chi connectivity index (χ1v) is 8.64. The summed E-state index contributed by atoms with van der Waals surface area (Å²) in [5, 5.41) is 9.84. The molecule has 19 heavy (non-hydrogen) atoms. The van der Waals surface area contributed by atoms with E-state index in [2.05, 4.69) is 26.0 Å². The van der Waals surface area contributed by atoms with Crippen LogP contribution in [0.1, 0.15) is 97.3 Å². The topological polar surface area (TPSA) is 20.2 Å². The van der Waals surface area contributed by atoms with Crippen LogP contribution < -0.4 is 0 Å². The SMILES string of the molecule is CCCCCC=CCC(O)CCCCCCCCC. The highest BCUT2D eigenvalue weighted by Gasteiger charge is 2.00. The normalized spacial score (nSPS) is 13.2. The van der Waals surface area contributed by atoms with Gasteiger partial charge in [-0.2, -0.15) is 0 Å². The molecule has 0 saturated heterocycles. The maximum absolute atomic E-state index is 9.84. The van der Waals surface area contributed by atoms with Crippen LogP contribution in [0.3, 0.4) is 0 Å². The molecule has 114 valence electrons. The second kappa shape index (κ2) is 15.8. The van der Waals surface area contributed by atoms with Gasteiger partial charge in [0.25, 0.3) is 0 Å². The van der Waals surface area contributed by atoms with Crippen molar-refractivity contribution >= 4 is 0 Å². The lowest BCUT2D eigenvalue weighted by atomic mass is 10.0. The van der Waals surface area contributed by atoms with Gasteiger partial charge in [0.2, 0.25) is 0 Å². The first-order chi connectivity index (χ1) is 9.31. The Morgan fingerprint density at radius 1 is 0.737 bits per heavy atom. The zero-order chi connectivity index (χ0) is 14.2. The predicted octanol–water partition coefficient (Wildman–Crippen LogP) is 6.01. The molecular formula is C18H36O. The Labute approximate surface area is 121 Å². The predicted molar refractivity (Wildman–Crippen MR) is 86.5 cm³/mol. The molecule has 0 radical (unpaired) electrons. The lowest BCUT2D eigenvalue weighted by Gasteiger charge is -2.07. The number of unbranched alkanes of at least 4 members (excludes halogenated alkanes) is 9. The Balaban J connectivity index is 3.22. The molecule has 1 heteroatoms. The van der Waals surface area contributed by atoms with Crippen molar-refractivity contribution in [1.82, 2.24) is 0 Å². The third-order valence-corrected chi connectivity index (χ3v) is 3.69. The quantitative estimate of drug-likeness (QED) is 0.302. The molecule has 0 aromatic rings. The minimum Gasteiger partial charge on any atom is -0.393 e. The third kappa shape index (κ3) is 15.6. The van der Waals surface area contributed by atoms with Gasteiger partial charge in [0.05, 0.1) is 6.10 Å². The van der Waals surface area contributed by atoms with Crippen molar-refractivity contribution < 1.29 is 5.11 Å². The van der Waals surface area contributed by atoms with Crippen molar-refractivity contribution in [2.24, 2.45) is 0 Å². The number of aliphatic hydroxyl groups excluding tert-OH is 1. The highest BCUT2D eigenvalue weighted by molar-refractivity contribution is 4.83. The molecule has 1 N–H and O–H groups in total. The molecule has 1 atom stereocenters. The fourth-order valence-electron chi connectivity index (χ4n) is 2.34. The average Bonchev–Trinajstić information content (AvgIpc) is 2.41. The van der Waals surface area contributed by atoms with Gasteiger partial charge in [0.15, 0.2) is 0 Å². The van der Waals surface area contributed by atoms with Crippen LogP contribution in [0.5, 0.6) is 0 Å². The summed E-state index contributed by atoms with van der Waals surface area (Å²) in [4.78, 5) is 0. The van der Waals surface area contributed by atoms with Crippen molar-refractivity contribution in [3.8, 4) is 0 Å². The van der Waals surface area contributed by atoms with Crippen molar-refractivity contribution in [2.75, 3.05) is 0 Å². The molecule has 1 unspecified atom stereocenters. The minimum atomic E-state index is -0.113. The van der Waals surface area contributed by atoms with E-state index in [-0.39, 0.29) is 6.10 Å². The zero-order valence-electron chi connectivity index (χ0n) is 13.4. The Hall–Kier alpha value is -0.300. The van der Waals surface area contributed by atoms with Gasteiger partial charge in [0, 0.05) is 0 Å². The van der Waals surface area contributed by atoms with E-state index >= 15 is 0 Å². The van der Waals surface area contributed by atoms with E-state index in [0.29, 0.717) is 0 Å². The minimum absolute atomic E-state index is 0.113. The average molecular weight is 268 g/mol. The summed E-state index contributed by atoms with van der Waals surface area (Å²) < 4.78 is 0. The number of rotatable bonds is 14. The van der Waals surface area contributed by atoms with E-state index in [9.17, 15) is 5.11 Å². The van der Waals surface area contributed by atoms with Gasteiger partial charge >= 0.3 is 0 Å². The molecule has 0 aliphatic carbocycles. The third-order valence-electron chi connectivity index (χ3n) is 3.69. The van der Waals surface area contributed by atoms with E-state index in [1.807, 2.05) is 0 Å². The smallest absolute Gasteiger partial charge is 0.0574 e. The highest BCUT2D eigenvalue weighted by Crippen LogP contribution is 2.11. The molecule has 0 bridgehead atoms. The molecule has 1 nitrogen and oxygen atoms in total. The molecule has 0 heterocycles. The highest BCUT2D eigenvalue weighted by atomic mass is 16.3. The van der Waals surface area contributed by atoms with Crippen LogP contribution >= 0.6 is 0 Å². The monoisotopic (exact) mass is 268 g/mol. The lowest BCUT2D eigenvalue weighted by molar-refractivity contribution is 0.163. The molecule has 0 aromatic carbocycles. The van der Waals surface area contributed by atoms with E-state index in [0.717, 1.165) is 12.8 Å². The lowest BCUT2D eigenvalue weighted by Crippen LogP contribution is -2.04. The molecule has 0 fully saturated rings. The van der Waals surface area contributed by atoms with Gasteiger partial charge in [-0.05, 0) is 25.7 Å². The van der Waals surface area contributed by atoms with Crippen LogP contribution in [0, 0.1) is 0 Å². The second-order valence-corrected chi connectivity index (χ2v) is 5.77. The molecular weight excluding hydrogens is 232 g/mol. The van der Waals surface area contributed by atoms with Crippen molar-refractivity contribution in [2.45, 2.75) is 103 Å². The molecule has 0 amide bonds. The molecule has 0 aromatic heterocycles. The largest absolute Gasteiger partial charge is 0.393 e. The van der Waals surface area contributed by atoms with Gasteiger partial charge in [-0.3, -0.25) is 0 Å². The first kappa shape index (κ1) is 18.7. The van der Waals surface area contributed by atoms with Crippen LogP contribution in [-0.4, -0.2) is 11.2 Å². The number of aliphatic hydroxyl groups is 1. The fourth-order valence-corrected chi connectivity index (χ4v) is 2.34. The summed E-state index contributed by atoms with van der Waals surface area (Å²) in [6.45, 7) is 4.49. The van der Waals surface area contributed by atoms with Crippen LogP contribution in [0.15, 0.2) is 12.2 Å². The van der Waals surface area contributed by atoms with Crippen LogP contribution in [0.4, 0.5) is 0 Å². The summed E-state index contributed by atoms with van der Waals surface area (Å²) in [7, 11) is 0. The van der Waals surface area contributed by atoms with Gasteiger partial charge < -0.3 is 5.11 Å². The maximum atomic E-state index is 9.84. The van der Waals surface area contributed by atoms with Gasteiger partial charge in [0.1, 0.15) is 0 Å². The standard InChI is InChI=1S/C18H36O/c1-3-5-7-9-11-13-15-17-18(19)16-14-12-10-8-6-4-2/h12,14,18-19H,3-11,13,15-17H2,1-2H3. The van der Waals surface area contributed by atoms with E-state index in [1.165, 1.54) is 70.6 Å². The summed E-state index contributed by atoms with van der Waals surface area (Å²) >= 11 is 0. The van der Waals surface area contributed by atoms with E-state index < -0.39 is 0 Å². The Bertz CT molecular complexity index is 186. The number of hydrogen-bond donors (Lipinski definition) is 1. The van der Waals surface area contributed by atoms with E-state index in [1.54, 1.807) is 0 Å². The molecule has 0 aliphatic heterocycles. The van der Waals surface area contributed by atoms with Gasteiger partial charge in [-0.15, -0.1) is 0 Å². The Morgan fingerprint density at radius 3 is 2.00 bits per heavy atom. The molecule has 0 aliphatic rings. The van der Waals surface area contributed by atoms with Crippen molar-refractivity contribution in [3.05, 3.63) is 12.2 Å². The zero-order valence-corrected chi connectivity index (χ0v) is 13.4. The second-order valence-electron chi connectivity index (χ2n) is 5.77. The van der Waals surface area contributed by atoms with Crippen molar-refractivity contribution in [1.29, 1.82) is 0 Å². The van der Waals surface area contributed by atoms with Gasteiger partial charge in [-0.25, -0.2) is 0 Å². The molecule has 0 rings (SSSR count). The Kier molecular flexibility index (Phi) is 15.5. The summed E-state index contributed by atoms with van der Waals surface area (Å²) in [5.74, 6) is 0.